The van der Waals surface area contributed by atoms with Gasteiger partial charge in [0.15, 0.2) is 0 Å². The first-order valence-corrected chi connectivity index (χ1v) is 23.3. The van der Waals surface area contributed by atoms with E-state index < -0.39 is 20.6 Å². The van der Waals surface area contributed by atoms with Crippen molar-refractivity contribution >= 4 is 15.2 Å². The molecular formula is C45H74O6P2. The molecule has 300 valence electrons. The van der Waals surface area contributed by atoms with Crippen LogP contribution in [-0.4, -0.2) is 38.8 Å². The molecule has 8 heteroatoms. The maximum Gasteiger partial charge on any atom is 0.331 e. The van der Waals surface area contributed by atoms with Gasteiger partial charge in [-0.1, -0.05) is 149 Å². The molecular weight excluding hydrogens is 698 g/mol. The van der Waals surface area contributed by atoms with Crippen molar-refractivity contribution in [3.8, 4) is 0 Å². The van der Waals surface area contributed by atoms with Crippen LogP contribution in [0.3, 0.4) is 0 Å². The lowest BCUT2D eigenvalue weighted by Crippen LogP contribution is -2.46. The topological polar surface area (TPSA) is 71.1 Å². The third-order valence-corrected chi connectivity index (χ3v) is 14.6. The van der Waals surface area contributed by atoms with Gasteiger partial charge in [0.25, 0.3) is 0 Å². The number of rotatable bonds is 6. The zero-order valence-corrected chi connectivity index (χ0v) is 38.6. The average Bonchev–Trinajstić information content (AvgIpc) is 2.99. The molecule has 0 aliphatic carbocycles. The molecule has 2 heterocycles. The summed E-state index contributed by atoms with van der Waals surface area (Å²) in [4.78, 5) is 0. The van der Waals surface area contributed by atoms with Crippen LogP contribution < -0.4 is 0 Å². The zero-order valence-electron chi connectivity index (χ0n) is 36.8. The van der Waals surface area contributed by atoms with Gasteiger partial charge in [0.05, 0.1) is 44.2 Å². The van der Waals surface area contributed by atoms with Gasteiger partial charge in [-0.15, -0.1) is 0 Å². The Labute approximate surface area is 324 Å². The summed E-state index contributed by atoms with van der Waals surface area (Å²) in [6, 6.07) is 9.40. The molecule has 0 amide bonds. The van der Waals surface area contributed by atoms with Crippen molar-refractivity contribution in [1.29, 1.82) is 0 Å². The van der Waals surface area contributed by atoms with E-state index in [0.29, 0.717) is 25.2 Å². The first-order chi connectivity index (χ1) is 23.7. The molecule has 53 heavy (non-hydrogen) atoms. The van der Waals surface area contributed by atoms with E-state index in [9.17, 15) is 9.13 Å². The van der Waals surface area contributed by atoms with E-state index in [-0.39, 0.29) is 58.9 Å². The van der Waals surface area contributed by atoms with Gasteiger partial charge in [0.1, 0.15) is 0 Å². The molecule has 0 saturated carbocycles. The first-order valence-electron chi connectivity index (χ1n) is 19.8. The normalized spacial score (nSPS) is 25.2. The molecule has 2 aromatic carbocycles. The van der Waals surface area contributed by atoms with E-state index in [1.807, 2.05) is 0 Å². The standard InChI is InChI=1S/C45H74O6P2/c1-39(2,3)31-23-35(41(7,8)9)33(36(24-31)42(10,11)12)19-21-52(46)48-27-45(28-49-52)29-50-53(47,51-30-45)22-20-34-37(43(13,14)15)25-32(40(4,5)6)26-38(34)44(16,17)18/h23-26H,19-22,27-30H2,1-18H3. The Morgan fingerprint density at radius 1 is 0.434 bits per heavy atom. The van der Waals surface area contributed by atoms with Crippen molar-refractivity contribution in [2.45, 2.75) is 170 Å². The van der Waals surface area contributed by atoms with Crippen molar-refractivity contribution in [3.63, 3.8) is 0 Å². The van der Waals surface area contributed by atoms with E-state index in [4.69, 9.17) is 18.1 Å². The summed E-state index contributed by atoms with van der Waals surface area (Å²) in [6.07, 6.45) is 1.79. The molecule has 2 saturated heterocycles. The summed E-state index contributed by atoms with van der Waals surface area (Å²) in [5.74, 6) is 0. The largest absolute Gasteiger partial charge is 0.331 e. The monoisotopic (exact) mass is 772 g/mol. The van der Waals surface area contributed by atoms with E-state index in [2.05, 4.69) is 149 Å². The Balaban J connectivity index is 1.48. The molecule has 1 spiro atoms. The van der Waals surface area contributed by atoms with Crippen molar-refractivity contribution in [2.75, 3.05) is 38.8 Å². The van der Waals surface area contributed by atoms with Crippen LogP contribution in [0.1, 0.15) is 169 Å². The lowest BCUT2D eigenvalue weighted by Gasteiger charge is -2.43. The molecule has 2 aromatic rings. The summed E-state index contributed by atoms with van der Waals surface area (Å²) in [5, 5.41) is 0. The van der Waals surface area contributed by atoms with E-state index in [1.54, 1.807) is 0 Å². The van der Waals surface area contributed by atoms with Gasteiger partial charge in [-0.05, 0) is 89.8 Å². The second-order valence-electron chi connectivity index (χ2n) is 22.4. The Morgan fingerprint density at radius 3 is 0.849 bits per heavy atom. The number of hydrogen-bond acceptors (Lipinski definition) is 6. The van der Waals surface area contributed by atoms with Gasteiger partial charge in [-0.25, -0.2) is 0 Å². The molecule has 0 unspecified atom stereocenters. The summed E-state index contributed by atoms with van der Waals surface area (Å²) in [7, 11) is -6.77. The molecule has 2 fully saturated rings. The predicted molar refractivity (Wildman–Crippen MR) is 224 cm³/mol. The lowest BCUT2D eigenvalue weighted by molar-refractivity contribution is -0.0683. The number of benzene rings is 2. The Hall–Kier alpha value is -1.26. The van der Waals surface area contributed by atoms with Crippen LogP contribution in [0.15, 0.2) is 24.3 Å². The molecule has 6 nitrogen and oxygen atoms in total. The molecule has 2 aliphatic heterocycles. The highest BCUT2D eigenvalue weighted by molar-refractivity contribution is 7.54. The van der Waals surface area contributed by atoms with Crippen molar-refractivity contribution in [1.82, 2.24) is 0 Å². The van der Waals surface area contributed by atoms with Gasteiger partial charge < -0.3 is 18.1 Å². The van der Waals surface area contributed by atoms with Crippen LogP contribution in [0.25, 0.3) is 0 Å². The smallest absolute Gasteiger partial charge is 0.308 e. The highest BCUT2D eigenvalue weighted by Gasteiger charge is 2.49. The van der Waals surface area contributed by atoms with Crippen LogP contribution in [-0.2, 0) is 72.6 Å². The van der Waals surface area contributed by atoms with Crippen molar-refractivity contribution < 1.29 is 27.2 Å². The van der Waals surface area contributed by atoms with Crippen LogP contribution in [0.2, 0.25) is 0 Å². The van der Waals surface area contributed by atoms with E-state index >= 15 is 0 Å². The fourth-order valence-corrected chi connectivity index (χ4v) is 11.0. The minimum Gasteiger partial charge on any atom is -0.308 e. The maximum absolute atomic E-state index is 14.1. The second-order valence-corrected chi connectivity index (χ2v) is 26.7. The fourth-order valence-electron chi connectivity index (χ4n) is 7.45. The third kappa shape index (κ3) is 10.6. The Morgan fingerprint density at radius 2 is 0.660 bits per heavy atom. The van der Waals surface area contributed by atoms with E-state index in [1.165, 1.54) is 44.5 Å². The molecule has 0 aromatic heterocycles. The predicted octanol–water partition coefficient (Wildman–Crippen LogP) is 12.7. The summed E-state index contributed by atoms with van der Waals surface area (Å²) in [6.45, 7) is 41.3. The highest BCUT2D eigenvalue weighted by Crippen LogP contribution is 2.60. The zero-order chi connectivity index (χ0) is 40.4. The van der Waals surface area contributed by atoms with Gasteiger partial charge in [-0.2, -0.15) is 0 Å². The SMILES string of the molecule is CC(C)(C)c1cc(C(C)(C)C)c(CCP2(=O)OCC3(CO2)COP(=O)(CCc2c(C(C)(C)C)cc(C(C)(C)C)cc2C(C)(C)C)OC3)c(C(C)(C)C)c1. The third-order valence-electron chi connectivity index (χ3n) is 11.0. The Kier molecular flexibility index (Phi) is 12.2. The summed E-state index contributed by atoms with van der Waals surface area (Å²) in [5.41, 5.74) is 9.25. The van der Waals surface area contributed by atoms with Crippen LogP contribution in [0.4, 0.5) is 0 Å². The minimum absolute atomic E-state index is 0.00569. The second kappa shape index (κ2) is 14.6. The van der Waals surface area contributed by atoms with Gasteiger partial charge in [0, 0.05) is 0 Å². The molecule has 2 aliphatic rings. The first kappa shape index (κ1) is 44.5. The molecule has 0 radical (unpaired) electrons. The van der Waals surface area contributed by atoms with Crippen LogP contribution in [0.5, 0.6) is 0 Å². The van der Waals surface area contributed by atoms with Gasteiger partial charge in [-0.3, -0.25) is 9.13 Å². The molecule has 4 rings (SSSR count). The minimum atomic E-state index is -3.38. The molecule has 0 atom stereocenters. The fraction of sp³-hybridized carbons (Fsp3) is 0.733. The molecule has 0 N–H and O–H groups in total. The lowest BCUT2D eigenvalue weighted by atomic mass is 9.72. The van der Waals surface area contributed by atoms with Gasteiger partial charge >= 0.3 is 15.2 Å². The summed E-state index contributed by atoms with van der Waals surface area (Å²) >= 11 is 0. The average molecular weight is 773 g/mol. The van der Waals surface area contributed by atoms with Crippen LogP contribution in [0, 0.1) is 5.41 Å². The van der Waals surface area contributed by atoms with E-state index in [0.717, 1.165) is 0 Å². The maximum atomic E-state index is 14.1. The summed E-state index contributed by atoms with van der Waals surface area (Å²) < 4.78 is 52.7. The van der Waals surface area contributed by atoms with Crippen LogP contribution >= 0.6 is 15.2 Å². The highest BCUT2D eigenvalue weighted by atomic mass is 31.2. The Bertz CT molecular complexity index is 1520. The molecule has 0 bridgehead atoms. The quantitative estimate of drug-likeness (QED) is 0.272. The van der Waals surface area contributed by atoms with Crippen molar-refractivity contribution in [2.24, 2.45) is 5.41 Å². The van der Waals surface area contributed by atoms with Gasteiger partial charge in [0.2, 0.25) is 0 Å². The number of hydrogen-bond donors (Lipinski definition) is 0. The van der Waals surface area contributed by atoms with Crippen molar-refractivity contribution in [3.05, 3.63) is 68.8 Å².